The first kappa shape index (κ1) is 25.6. The van der Waals surface area contributed by atoms with Crippen LogP contribution in [0.4, 0.5) is 0 Å². The molecule has 0 unspecified atom stereocenters. The van der Waals surface area contributed by atoms with Crippen LogP contribution in [0.15, 0.2) is 60.7 Å². The van der Waals surface area contributed by atoms with E-state index >= 15 is 0 Å². The molecule has 182 valence electrons. The summed E-state index contributed by atoms with van der Waals surface area (Å²) < 4.78 is 5.37. The van der Waals surface area contributed by atoms with E-state index in [0.29, 0.717) is 24.7 Å². The average molecular weight is 466 g/mol. The summed E-state index contributed by atoms with van der Waals surface area (Å²) in [5.41, 5.74) is 0.763. The molecule has 1 saturated carbocycles. The molecule has 34 heavy (non-hydrogen) atoms. The zero-order valence-corrected chi connectivity index (χ0v) is 19.7. The number of carbonyl (C=O) groups is 3. The number of hydrogen-bond acceptors (Lipinski definition) is 5. The Kier molecular flexibility index (Phi) is 10.3. The molecule has 2 fully saturated rings. The minimum absolute atomic E-state index is 0.0350. The van der Waals surface area contributed by atoms with Crippen LogP contribution < -0.4 is 10.6 Å². The molecule has 1 heterocycles. The second kappa shape index (κ2) is 13.6. The van der Waals surface area contributed by atoms with Crippen molar-refractivity contribution in [1.82, 2.24) is 15.5 Å². The van der Waals surface area contributed by atoms with Crippen molar-refractivity contribution >= 4 is 18.1 Å². The fraction of sp³-hybridized carbons (Fsp3) is 0.444. The molecule has 0 bridgehead atoms. The monoisotopic (exact) mass is 465 g/mol. The summed E-state index contributed by atoms with van der Waals surface area (Å²) in [5, 5.41) is 5.58. The molecule has 1 saturated heterocycles. The van der Waals surface area contributed by atoms with Crippen molar-refractivity contribution in [3.8, 4) is 0 Å². The van der Waals surface area contributed by atoms with E-state index in [1.807, 2.05) is 60.7 Å². The lowest BCUT2D eigenvalue weighted by Gasteiger charge is -2.36. The standard InChI is InChI=1S/C21H29N3O4.C6H6/c25-13-10-22-20(27)21(8-2-1-3-9-21)23-19(26)18-6-4-17(5-7-18)16-24-11-14-28-15-12-24;1-2-4-6-5-3-1/h4-7,13H,1-3,8-12,14-16H2,(H,22,27)(H,23,26);1-6H. The number of benzene rings is 2. The predicted octanol–water partition coefficient (Wildman–Crippen LogP) is 2.95. The normalized spacial score (nSPS) is 17.5. The van der Waals surface area contributed by atoms with Gasteiger partial charge in [-0.25, -0.2) is 0 Å². The minimum atomic E-state index is -0.926. The molecule has 0 spiro atoms. The number of hydrogen-bond donors (Lipinski definition) is 2. The number of rotatable bonds is 7. The number of nitrogens with one attached hydrogen (secondary N) is 2. The molecule has 2 aliphatic rings. The molecule has 7 heteroatoms. The molecule has 4 rings (SSSR count). The van der Waals surface area contributed by atoms with Gasteiger partial charge in [-0.2, -0.15) is 0 Å². The van der Waals surface area contributed by atoms with Gasteiger partial charge in [0, 0.05) is 25.2 Å². The fourth-order valence-electron chi connectivity index (χ4n) is 4.32. The summed E-state index contributed by atoms with van der Waals surface area (Å²) in [4.78, 5) is 38.4. The lowest BCUT2D eigenvalue weighted by atomic mass is 9.80. The zero-order valence-electron chi connectivity index (χ0n) is 19.7. The second-order valence-corrected chi connectivity index (χ2v) is 8.71. The zero-order chi connectivity index (χ0) is 24.1. The average Bonchev–Trinajstić information content (AvgIpc) is 2.90. The molecular formula is C27H35N3O4. The molecule has 2 N–H and O–H groups in total. The summed E-state index contributed by atoms with van der Waals surface area (Å²) in [5.74, 6) is -0.516. The highest BCUT2D eigenvalue weighted by Gasteiger charge is 2.40. The van der Waals surface area contributed by atoms with Gasteiger partial charge in [-0.05, 0) is 30.5 Å². The molecule has 2 aromatic rings. The van der Waals surface area contributed by atoms with E-state index in [-0.39, 0.29) is 18.4 Å². The predicted molar refractivity (Wildman–Crippen MR) is 131 cm³/mol. The van der Waals surface area contributed by atoms with Crippen molar-refractivity contribution in [3.05, 3.63) is 71.8 Å². The maximum Gasteiger partial charge on any atom is 0.252 e. The smallest absolute Gasteiger partial charge is 0.252 e. The largest absolute Gasteiger partial charge is 0.379 e. The molecule has 0 aromatic heterocycles. The third kappa shape index (κ3) is 7.78. The van der Waals surface area contributed by atoms with Crippen LogP contribution in [0.1, 0.15) is 48.0 Å². The second-order valence-electron chi connectivity index (χ2n) is 8.71. The van der Waals surface area contributed by atoms with Gasteiger partial charge in [0.1, 0.15) is 11.8 Å². The molecule has 2 aromatic carbocycles. The first-order valence-corrected chi connectivity index (χ1v) is 12.1. The Balaban J connectivity index is 0.000000469. The van der Waals surface area contributed by atoms with E-state index in [0.717, 1.165) is 57.7 Å². The van der Waals surface area contributed by atoms with Gasteiger partial charge < -0.3 is 20.2 Å². The van der Waals surface area contributed by atoms with E-state index in [1.54, 1.807) is 0 Å². The van der Waals surface area contributed by atoms with Gasteiger partial charge in [-0.3, -0.25) is 14.5 Å². The van der Waals surface area contributed by atoms with Crippen LogP contribution in [0.25, 0.3) is 0 Å². The third-order valence-electron chi connectivity index (χ3n) is 6.23. The summed E-state index contributed by atoms with van der Waals surface area (Å²) in [7, 11) is 0. The highest BCUT2D eigenvalue weighted by molar-refractivity contribution is 5.99. The number of ether oxygens (including phenoxy) is 1. The minimum Gasteiger partial charge on any atom is -0.379 e. The molecule has 0 atom stereocenters. The number of nitrogens with zero attached hydrogens (tertiary/aromatic N) is 1. The molecular weight excluding hydrogens is 430 g/mol. The van der Waals surface area contributed by atoms with Gasteiger partial charge in [-0.15, -0.1) is 0 Å². The first-order valence-electron chi connectivity index (χ1n) is 12.1. The van der Waals surface area contributed by atoms with Crippen molar-refractivity contribution in [2.45, 2.75) is 44.2 Å². The van der Waals surface area contributed by atoms with Gasteiger partial charge >= 0.3 is 0 Å². The van der Waals surface area contributed by atoms with E-state index in [1.165, 1.54) is 0 Å². The fourth-order valence-corrected chi connectivity index (χ4v) is 4.32. The Morgan fingerprint density at radius 2 is 1.50 bits per heavy atom. The lowest BCUT2D eigenvalue weighted by molar-refractivity contribution is -0.129. The van der Waals surface area contributed by atoms with Crippen molar-refractivity contribution in [2.75, 3.05) is 32.8 Å². The van der Waals surface area contributed by atoms with Gasteiger partial charge in [0.15, 0.2) is 0 Å². The Morgan fingerprint density at radius 3 is 2.06 bits per heavy atom. The van der Waals surface area contributed by atoms with Crippen molar-refractivity contribution in [1.29, 1.82) is 0 Å². The molecule has 0 radical (unpaired) electrons. The maximum atomic E-state index is 12.8. The van der Waals surface area contributed by atoms with Crippen molar-refractivity contribution in [3.63, 3.8) is 0 Å². The SMILES string of the molecule is O=CCNC(=O)C1(NC(=O)c2ccc(CN3CCOCC3)cc2)CCCCC1.c1ccccc1. The van der Waals surface area contributed by atoms with Crippen LogP contribution in [-0.4, -0.2) is 61.4 Å². The molecule has 2 amide bonds. The summed E-state index contributed by atoms with van der Waals surface area (Å²) in [6.45, 7) is 4.15. The topological polar surface area (TPSA) is 87.7 Å². The summed E-state index contributed by atoms with van der Waals surface area (Å²) in [6.07, 6.45) is 4.66. The van der Waals surface area contributed by atoms with Crippen molar-refractivity contribution < 1.29 is 19.1 Å². The number of aldehydes is 1. The van der Waals surface area contributed by atoms with Gasteiger partial charge in [0.25, 0.3) is 5.91 Å². The van der Waals surface area contributed by atoms with Gasteiger partial charge in [0.2, 0.25) is 5.91 Å². The van der Waals surface area contributed by atoms with Crippen LogP contribution in [0, 0.1) is 0 Å². The Labute approximate surface area is 201 Å². The summed E-state index contributed by atoms with van der Waals surface area (Å²) >= 11 is 0. The first-order chi connectivity index (χ1) is 16.6. The Bertz CT molecular complexity index is 863. The van der Waals surface area contributed by atoms with E-state index in [2.05, 4.69) is 15.5 Å². The van der Waals surface area contributed by atoms with Gasteiger partial charge in [0.05, 0.1) is 19.8 Å². The molecule has 1 aliphatic heterocycles. The highest BCUT2D eigenvalue weighted by Crippen LogP contribution is 2.29. The highest BCUT2D eigenvalue weighted by atomic mass is 16.5. The van der Waals surface area contributed by atoms with Crippen LogP contribution in [0.3, 0.4) is 0 Å². The van der Waals surface area contributed by atoms with Crippen LogP contribution in [0.2, 0.25) is 0 Å². The van der Waals surface area contributed by atoms with Gasteiger partial charge in [-0.1, -0.05) is 67.8 Å². The van der Waals surface area contributed by atoms with Crippen LogP contribution in [0.5, 0.6) is 0 Å². The van der Waals surface area contributed by atoms with E-state index < -0.39 is 5.54 Å². The summed E-state index contributed by atoms with van der Waals surface area (Å²) in [6, 6.07) is 19.5. The third-order valence-corrected chi connectivity index (χ3v) is 6.23. The Hall–Kier alpha value is -3.03. The van der Waals surface area contributed by atoms with Crippen LogP contribution in [-0.2, 0) is 20.9 Å². The number of amides is 2. The van der Waals surface area contributed by atoms with E-state index in [4.69, 9.17) is 4.74 Å². The molecule has 1 aliphatic carbocycles. The maximum absolute atomic E-state index is 12.8. The number of morpholine rings is 1. The van der Waals surface area contributed by atoms with Crippen molar-refractivity contribution in [2.24, 2.45) is 0 Å². The number of carbonyl (C=O) groups excluding carboxylic acids is 3. The molecule has 7 nitrogen and oxygen atoms in total. The van der Waals surface area contributed by atoms with Crippen LogP contribution >= 0.6 is 0 Å². The Morgan fingerprint density at radius 1 is 0.912 bits per heavy atom. The quantitative estimate of drug-likeness (QED) is 0.614. The van der Waals surface area contributed by atoms with E-state index in [9.17, 15) is 14.4 Å². The lowest BCUT2D eigenvalue weighted by Crippen LogP contribution is -2.59.